The van der Waals surface area contributed by atoms with Crippen LogP contribution in [-0.2, 0) is 16.0 Å². The van der Waals surface area contributed by atoms with Crippen molar-refractivity contribution in [2.24, 2.45) is 5.41 Å². The van der Waals surface area contributed by atoms with Gasteiger partial charge in [-0.05, 0) is 23.5 Å². The summed E-state index contributed by atoms with van der Waals surface area (Å²) in [5, 5.41) is 6.03. The fraction of sp³-hybridized carbons (Fsp3) is 0.368. The lowest BCUT2D eigenvalue weighted by molar-refractivity contribution is -0.123. The van der Waals surface area contributed by atoms with Crippen LogP contribution in [0.5, 0.6) is 0 Å². The maximum Gasteiger partial charge on any atom is 0.234 e. The molecular formula is C19H19N3O3S. The predicted octanol–water partition coefficient (Wildman–Crippen LogP) is 3.36. The molecule has 6 nitrogen and oxygen atoms in total. The Bertz CT molecular complexity index is 932. The molecule has 4 rings (SSSR count). The second kappa shape index (κ2) is 6.02. The summed E-state index contributed by atoms with van der Waals surface area (Å²) in [6, 6.07) is 7.30. The van der Waals surface area contributed by atoms with Crippen molar-refractivity contribution in [3.63, 3.8) is 0 Å². The van der Waals surface area contributed by atoms with E-state index in [1.54, 1.807) is 6.07 Å². The molecule has 0 spiro atoms. The largest absolute Gasteiger partial charge is 0.326 e. The van der Waals surface area contributed by atoms with Crippen LogP contribution in [0.4, 0.5) is 10.8 Å². The van der Waals surface area contributed by atoms with Crippen molar-refractivity contribution in [2.45, 2.75) is 39.0 Å². The molecule has 0 saturated carbocycles. The lowest BCUT2D eigenvalue weighted by atomic mass is 9.78. The van der Waals surface area contributed by atoms with E-state index in [1.165, 1.54) is 11.3 Å². The normalized spacial score (nSPS) is 20.8. The third-order valence-electron chi connectivity index (χ3n) is 4.78. The highest BCUT2D eigenvalue weighted by atomic mass is 32.1. The number of hydrogen-bond acceptors (Lipinski definition) is 5. The monoisotopic (exact) mass is 369 g/mol. The van der Waals surface area contributed by atoms with Gasteiger partial charge in [-0.3, -0.25) is 14.4 Å². The molecule has 26 heavy (non-hydrogen) atoms. The van der Waals surface area contributed by atoms with Gasteiger partial charge in [0.25, 0.3) is 0 Å². The van der Waals surface area contributed by atoms with E-state index < -0.39 is 5.92 Å². The molecule has 1 aromatic heterocycles. The minimum Gasteiger partial charge on any atom is -0.326 e. The lowest BCUT2D eigenvalue weighted by Crippen LogP contribution is -2.30. The van der Waals surface area contributed by atoms with Crippen molar-refractivity contribution in [1.29, 1.82) is 0 Å². The van der Waals surface area contributed by atoms with Gasteiger partial charge in [-0.1, -0.05) is 43.4 Å². The number of fused-ring (bicyclic) bond motifs is 2. The summed E-state index contributed by atoms with van der Waals surface area (Å²) in [6.45, 7) is 4.09. The van der Waals surface area contributed by atoms with Crippen LogP contribution < -0.4 is 10.6 Å². The highest BCUT2D eigenvalue weighted by Gasteiger charge is 2.35. The van der Waals surface area contributed by atoms with E-state index >= 15 is 0 Å². The SMILES string of the molecule is CC1(C)CC(=O)c2sc(NC(=O)C3CC(=O)Nc4ccccc43)nc2C1. The van der Waals surface area contributed by atoms with Gasteiger partial charge < -0.3 is 10.6 Å². The number of amides is 2. The molecule has 2 aliphatic rings. The predicted molar refractivity (Wildman–Crippen MR) is 99.6 cm³/mol. The van der Waals surface area contributed by atoms with Crippen molar-refractivity contribution in [3.05, 3.63) is 40.4 Å². The van der Waals surface area contributed by atoms with E-state index in [0.29, 0.717) is 22.1 Å². The Hall–Kier alpha value is -2.54. The fourth-order valence-corrected chi connectivity index (χ4v) is 4.53. The molecule has 2 heterocycles. The topological polar surface area (TPSA) is 88.2 Å². The number of hydrogen-bond donors (Lipinski definition) is 2. The first-order valence-corrected chi connectivity index (χ1v) is 9.37. The van der Waals surface area contributed by atoms with Gasteiger partial charge in [0.15, 0.2) is 10.9 Å². The van der Waals surface area contributed by atoms with E-state index in [2.05, 4.69) is 15.6 Å². The van der Waals surface area contributed by atoms with Gasteiger partial charge in [-0.15, -0.1) is 0 Å². The van der Waals surface area contributed by atoms with Crippen LogP contribution in [0.1, 0.15) is 53.5 Å². The molecule has 1 aromatic carbocycles. The van der Waals surface area contributed by atoms with E-state index in [1.807, 2.05) is 32.0 Å². The second-order valence-electron chi connectivity index (χ2n) is 7.62. The van der Waals surface area contributed by atoms with E-state index in [9.17, 15) is 14.4 Å². The number of anilines is 2. The van der Waals surface area contributed by atoms with Crippen LogP contribution in [0.3, 0.4) is 0 Å². The number of nitrogens with one attached hydrogen (secondary N) is 2. The molecule has 0 fully saturated rings. The molecule has 0 saturated heterocycles. The molecular weight excluding hydrogens is 350 g/mol. The molecule has 0 radical (unpaired) electrons. The molecule has 2 N–H and O–H groups in total. The number of thiazole rings is 1. The minimum atomic E-state index is -0.562. The van der Waals surface area contributed by atoms with E-state index in [-0.39, 0.29) is 29.4 Å². The summed E-state index contributed by atoms with van der Waals surface area (Å²) in [4.78, 5) is 42.1. The Morgan fingerprint density at radius 2 is 2.04 bits per heavy atom. The zero-order valence-electron chi connectivity index (χ0n) is 14.6. The van der Waals surface area contributed by atoms with Gasteiger partial charge in [0.1, 0.15) is 0 Å². The number of ketones is 1. The number of rotatable bonds is 2. The minimum absolute atomic E-state index is 0.0802. The average Bonchev–Trinajstić information content (AvgIpc) is 2.95. The summed E-state index contributed by atoms with van der Waals surface area (Å²) in [7, 11) is 0. The van der Waals surface area contributed by atoms with Crippen molar-refractivity contribution >= 4 is 39.8 Å². The number of Topliss-reactive ketones (excluding diaryl/α,β-unsaturated/α-hetero) is 1. The zero-order valence-corrected chi connectivity index (χ0v) is 15.4. The number of carbonyl (C=O) groups is 3. The van der Waals surface area contributed by atoms with Crippen LogP contribution in [0.15, 0.2) is 24.3 Å². The summed E-state index contributed by atoms with van der Waals surface area (Å²) < 4.78 is 0. The van der Waals surface area contributed by atoms with Crippen LogP contribution in [0.2, 0.25) is 0 Å². The number of nitrogens with zero attached hydrogens (tertiary/aromatic N) is 1. The van der Waals surface area contributed by atoms with Gasteiger partial charge in [0.2, 0.25) is 11.8 Å². The quantitative estimate of drug-likeness (QED) is 0.850. The molecule has 2 amide bonds. The molecule has 1 atom stereocenters. The van der Waals surface area contributed by atoms with E-state index in [4.69, 9.17) is 0 Å². The fourth-order valence-electron chi connectivity index (χ4n) is 3.61. The Morgan fingerprint density at radius 3 is 2.85 bits per heavy atom. The van der Waals surface area contributed by atoms with Crippen molar-refractivity contribution < 1.29 is 14.4 Å². The molecule has 7 heteroatoms. The van der Waals surface area contributed by atoms with Crippen LogP contribution >= 0.6 is 11.3 Å². The van der Waals surface area contributed by atoms with Crippen LogP contribution in [0.25, 0.3) is 0 Å². The Balaban J connectivity index is 1.59. The smallest absolute Gasteiger partial charge is 0.234 e. The molecule has 1 aliphatic carbocycles. The number of aromatic nitrogens is 1. The van der Waals surface area contributed by atoms with Gasteiger partial charge in [0.05, 0.1) is 16.5 Å². The second-order valence-corrected chi connectivity index (χ2v) is 8.62. The lowest BCUT2D eigenvalue weighted by Gasteiger charge is -2.26. The Kier molecular flexibility index (Phi) is 3.91. The summed E-state index contributed by atoms with van der Waals surface area (Å²) >= 11 is 1.23. The molecule has 1 unspecified atom stereocenters. The molecule has 0 bridgehead atoms. The number of carbonyl (C=O) groups excluding carboxylic acids is 3. The Labute approximate surface area is 155 Å². The number of para-hydroxylation sites is 1. The van der Waals surface area contributed by atoms with Crippen molar-refractivity contribution in [3.8, 4) is 0 Å². The number of benzene rings is 1. The highest BCUT2D eigenvalue weighted by molar-refractivity contribution is 7.17. The van der Waals surface area contributed by atoms with Crippen LogP contribution in [-0.4, -0.2) is 22.6 Å². The third-order valence-corrected chi connectivity index (χ3v) is 5.84. The summed E-state index contributed by atoms with van der Waals surface area (Å²) in [5.41, 5.74) is 2.11. The van der Waals surface area contributed by atoms with Gasteiger partial charge in [0, 0.05) is 18.5 Å². The highest BCUT2D eigenvalue weighted by Crippen LogP contribution is 2.39. The first-order chi connectivity index (χ1) is 12.3. The molecule has 2 aromatic rings. The van der Waals surface area contributed by atoms with Crippen molar-refractivity contribution in [2.75, 3.05) is 10.6 Å². The first kappa shape index (κ1) is 16.9. The zero-order chi connectivity index (χ0) is 18.5. The standard InChI is InChI=1S/C19H19N3O3S/c1-19(2)8-13-16(14(23)9-19)26-18(21-13)22-17(25)11-7-15(24)20-12-6-4-3-5-10(11)12/h3-6,11H,7-9H2,1-2H3,(H,20,24)(H,21,22,25). The summed E-state index contributed by atoms with van der Waals surface area (Å²) in [6.07, 6.45) is 1.31. The summed E-state index contributed by atoms with van der Waals surface area (Å²) in [5.74, 6) is -0.936. The maximum atomic E-state index is 12.8. The first-order valence-electron chi connectivity index (χ1n) is 8.55. The van der Waals surface area contributed by atoms with Crippen LogP contribution in [0, 0.1) is 5.41 Å². The maximum absolute atomic E-state index is 12.8. The van der Waals surface area contributed by atoms with E-state index in [0.717, 1.165) is 17.7 Å². The molecule has 134 valence electrons. The van der Waals surface area contributed by atoms with Crippen molar-refractivity contribution in [1.82, 2.24) is 4.98 Å². The van der Waals surface area contributed by atoms with Gasteiger partial charge in [-0.2, -0.15) is 0 Å². The van der Waals surface area contributed by atoms with Gasteiger partial charge >= 0.3 is 0 Å². The van der Waals surface area contributed by atoms with Gasteiger partial charge in [-0.25, -0.2) is 4.98 Å². The third kappa shape index (κ3) is 3.03. The Morgan fingerprint density at radius 1 is 1.27 bits per heavy atom. The molecule has 1 aliphatic heterocycles. The average molecular weight is 369 g/mol.